The van der Waals surface area contributed by atoms with Crippen molar-refractivity contribution in [1.82, 2.24) is 4.90 Å². The molecule has 0 radical (unpaired) electrons. The summed E-state index contributed by atoms with van der Waals surface area (Å²) >= 11 is 0. The first kappa shape index (κ1) is 20.0. The Hall–Kier alpha value is -1.01. The quantitative estimate of drug-likeness (QED) is 0.804. The SMILES string of the molecule is COC(=O)C(N)CC1CCCCN1C(=O)OC(C)(C)C.Cl. The molecule has 0 saturated carbocycles. The highest BCUT2D eigenvalue weighted by molar-refractivity contribution is 5.85. The minimum absolute atomic E-state index is 0. The number of nitrogens with two attached hydrogens (primary N) is 1. The second kappa shape index (κ2) is 8.44. The van der Waals surface area contributed by atoms with Crippen LogP contribution in [0, 0.1) is 0 Å². The van der Waals surface area contributed by atoms with Crippen LogP contribution in [0.15, 0.2) is 0 Å². The number of likely N-dealkylation sites (tertiary alicyclic amines) is 1. The number of piperidine rings is 1. The molecule has 6 nitrogen and oxygen atoms in total. The Morgan fingerprint density at radius 1 is 1.33 bits per heavy atom. The first-order valence-corrected chi connectivity index (χ1v) is 7.07. The highest BCUT2D eigenvalue weighted by atomic mass is 35.5. The van der Waals surface area contributed by atoms with Crippen LogP contribution in [0.5, 0.6) is 0 Å². The number of carbonyl (C=O) groups is 2. The number of hydrogen-bond acceptors (Lipinski definition) is 5. The molecule has 0 aromatic rings. The van der Waals surface area contributed by atoms with Crippen molar-refractivity contribution >= 4 is 24.5 Å². The number of methoxy groups -OCH3 is 1. The maximum absolute atomic E-state index is 12.2. The molecule has 1 aliphatic rings. The van der Waals surface area contributed by atoms with Crippen molar-refractivity contribution in [3.63, 3.8) is 0 Å². The molecule has 1 amide bonds. The van der Waals surface area contributed by atoms with Crippen molar-refractivity contribution in [2.75, 3.05) is 13.7 Å². The van der Waals surface area contributed by atoms with Gasteiger partial charge in [-0.3, -0.25) is 4.79 Å². The smallest absolute Gasteiger partial charge is 0.410 e. The van der Waals surface area contributed by atoms with E-state index in [0.29, 0.717) is 13.0 Å². The number of nitrogens with zero attached hydrogens (tertiary/aromatic N) is 1. The predicted octanol–water partition coefficient (Wildman–Crippen LogP) is 2.09. The van der Waals surface area contributed by atoms with E-state index in [1.54, 1.807) is 4.90 Å². The van der Waals surface area contributed by atoms with Crippen molar-refractivity contribution in [2.24, 2.45) is 5.73 Å². The van der Waals surface area contributed by atoms with Gasteiger partial charge in [0.1, 0.15) is 11.6 Å². The third-order valence-electron chi connectivity index (χ3n) is 3.29. The Morgan fingerprint density at radius 3 is 2.48 bits per heavy atom. The molecular weight excluding hydrogens is 296 g/mol. The third kappa shape index (κ3) is 6.52. The van der Waals surface area contributed by atoms with Crippen LogP contribution >= 0.6 is 12.4 Å². The Kier molecular flexibility index (Phi) is 8.03. The van der Waals surface area contributed by atoms with Gasteiger partial charge < -0.3 is 20.1 Å². The summed E-state index contributed by atoms with van der Waals surface area (Å²) in [5.74, 6) is -0.445. The van der Waals surface area contributed by atoms with Crippen LogP contribution in [0.2, 0.25) is 0 Å². The largest absolute Gasteiger partial charge is 0.468 e. The first-order chi connectivity index (χ1) is 9.24. The summed E-state index contributed by atoms with van der Waals surface area (Å²) in [6.45, 7) is 6.16. The van der Waals surface area contributed by atoms with Crippen LogP contribution in [0.3, 0.4) is 0 Å². The van der Waals surface area contributed by atoms with Gasteiger partial charge in [-0.25, -0.2) is 4.79 Å². The molecule has 1 rings (SSSR count). The molecule has 0 aromatic heterocycles. The van der Waals surface area contributed by atoms with Crippen LogP contribution in [0.25, 0.3) is 0 Å². The molecule has 1 saturated heterocycles. The zero-order chi connectivity index (χ0) is 15.3. The van der Waals surface area contributed by atoms with Gasteiger partial charge in [0.25, 0.3) is 0 Å². The van der Waals surface area contributed by atoms with Crippen LogP contribution in [-0.2, 0) is 14.3 Å². The zero-order valence-electron chi connectivity index (χ0n) is 13.3. The molecular formula is C14H27ClN2O4. The molecule has 0 aliphatic carbocycles. The second-order valence-corrected chi connectivity index (χ2v) is 6.19. The van der Waals surface area contributed by atoms with E-state index >= 15 is 0 Å². The maximum Gasteiger partial charge on any atom is 0.410 e. The average molecular weight is 323 g/mol. The van der Waals surface area contributed by atoms with E-state index in [1.165, 1.54) is 7.11 Å². The van der Waals surface area contributed by atoms with E-state index < -0.39 is 17.6 Å². The number of esters is 1. The van der Waals surface area contributed by atoms with E-state index in [0.717, 1.165) is 19.3 Å². The molecule has 1 heterocycles. The van der Waals surface area contributed by atoms with Crippen LogP contribution in [0.4, 0.5) is 4.79 Å². The second-order valence-electron chi connectivity index (χ2n) is 6.19. The van der Waals surface area contributed by atoms with Gasteiger partial charge in [0.05, 0.1) is 7.11 Å². The lowest BCUT2D eigenvalue weighted by Crippen LogP contribution is -2.49. The number of halogens is 1. The number of ether oxygens (including phenoxy) is 2. The summed E-state index contributed by atoms with van der Waals surface area (Å²) < 4.78 is 10.0. The van der Waals surface area contributed by atoms with Crippen molar-refractivity contribution in [1.29, 1.82) is 0 Å². The topological polar surface area (TPSA) is 81.9 Å². The van der Waals surface area contributed by atoms with Crippen LogP contribution in [0.1, 0.15) is 46.5 Å². The number of hydrogen-bond donors (Lipinski definition) is 1. The Morgan fingerprint density at radius 2 is 1.95 bits per heavy atom. The van der Waals surface area contributed by atoms with Crippen molar-refractivity contribution in [2.45, 2.75) is 64.1 Å². The molecule has 0 spiro atoms. The molecule has 2 atom stereocenters. The molecule has 2 N–H and O–H groups in total. The lowest BCUT2D eigenvalue weighted by molar-refractivity contribution is -0.142. The Labute approximate surface area is 132 Å². The third-order valence-corrected chi connectivity index (χ3v) is 3.29. The first-order valence-electron chi connectivity index (χ1n) is 7.07. The minimum atomic E-state index is -0.701. The molecule has 21 heavy (non-hydrogen) atoms. The summed E-state index contributed by atoms with van der Waals surface area (Å²) in [6.07, 6.45) is 2.89. The number of amides is 1. The molecule has 7 heteroatoms. The molecule has 0 bridgehead atoms. The number of carbonyl (C=O) groups excluding carboxylic acids is 2. The summed E-state index contributed by atoms with van der Waals surface area (Å²) in [6, 6.07) is -0.763. The highest BCUT2D eigenvalue weighted by Gasteiger charge is 2.32. The van der Waals surface area contributed by atoms with Crippen LogP contribution in [-0.4, -0.2) is 48.3 Å². The summed E-state index contributed by atoms with van der Waals surface area (Å²) in [4.78, 5) is 25.3. The van der Waals surface area contributed by atoms with Gasteiger partial charge in [-0.05, 0) is 46.5 Å². The predicted molar refractivity (Wildman–Crippen MR) is 82.4 cm³/mol. The maximum atomic E-state index is 12.2. The Bertz CT molecular complexity index is 357. The molecule has 124 valence electrons. The van der Waals surface area contributed by atoms with E-state index in [4.69, 9.17) is 10.5 Å². The van der Waals surface area contributed by atoms with Crippen molar-refractivity contribution in [3.05, 3.63) is 0 Å². The van der Waals surface area contributed by atoms with Gasteiger partial charge in [0.15, 0.2) is 0 Å². The summed E-state index contributed by atoms with van der Waals surface area (Å²) in [7, 11) is 1.31. The monoisotopic (exact) mass is 322 g/mol. The standard InChI is InChI=1S/C14H26N2O4.ClH/c1-14(2,3)20-13(18)16-8-6-5-7-10(16)9-11(15)12(17)19-4;/h10-11H,5-9,15H2,1-4H3;1H. The lowest BCUT2D eigenvalue weighted by Gasteiger charge is -2.37. The molecule has 1 fully saturated rings. The lowest BCUT2D eigenvalue weighted by atomic mass is 9.96. The van der Waals surface area contributed by atoms with Gasteiger partial charge in [-0.2, -0.15) is 0 Å². The number of rotatable bonds is 3. The van der Waals surface area contributed by atoms with Gasteiger partial charge in [-0.1, -0.05) is 0 Å². The fourth-order valence-electron chi connectivity index (χ4n) is 2.35. The zero-order valence-corrected chi connectivity index (χ0v) is 14.1. The normalized spacial score (nSPS) is 20.2. The fraction of sp³-hybridized carbons (Fsp3) is 0.857. The van der Waals surface area contributed by atoms with E-state index in [1.807, 2.05) is 20.8 Å². The van der Waals surface area contributed by atoms with Gasteiger partial charge >= 0.3 is 12.1 Å². The van der Waals surface area contributed by atoms with Gasteiger partial charge in [-0.15, -0.1) is 12.4 Å². The minimum Gasteiger partial charge on any atom is -0.468 e. The average Bonchev–Trinajstić information content (AvgIpc) is 2.36. The van der Waals surface area contributed by atoms with Gasteiger partial charge in [0.2, 0.25) is 0 Å². The summed E-state index contributed by atoms with van der Waals surface area (Å²) in [5, 5.41) is 0. The van der Waals surface area contributed by atoms with Crippen LogP contribution < -0.4 is 5.73 Å². The van der Waals surface area contributed by atoms with Crippen molar-refractivity contribution < 1.29 is 19.1 Å². The molecule has 2 unspecified atom stereocenters. The van der Waals surface area contributed by atoms with E-state index in [9.17, 15) is 9.59 Å². The summed E-state index contributed by atoms with van der Waals surface area (Å²) in [5.41, 5.74) is 5.27. The van der Waals surface area contributed by atoms with E-state index in [2.05, 4.69) is 4.74 Å². The molecule has 0 aromatic carbocycles. The Balaban J connectivity index is 0.00000400. The fourth-order valence-corrected chi connectivity index (χ4v) is 2.35. The van der Waals surface area contributed by atoms with E-state index in [-0.39, 0.29) is 24.5 Å². The van der Waals surface area contributed by atoms with Gasteiger partial charge in [0, 0.05) is 12.6 Å². The highest BCUT2D eigenvalue weighted by Crippen LogP contribution is 2.23. The molecule has 1 aliphatic heterocycles. The van der Waals surface area contributed by atoms with Crippen molar-refractivity contribution in [3.8, 4) is 0 Å².